The van der Waals surface area contributed by atoms with E-state index in [0.29, 0.717) is 23.4 Å². The van der Waals surface area contributed by atoms with E-state index in [2.05, 4.69) is 233 Å². The van der Waals surface area contributed by atoms with Crippen LogP contribution in [0.15, 0.2) is 237 Å². The molecule has 5 aliphatic heterocycles. The maximum Gasteiger partial charge on any atom is 0.320 e. The SMILES string of the molecule is [2H]c1c([2H])c([2H])c2c(c1[2H])c1ccc(Oc3[c-]c(N4[CH-]N(Cc5c(C6=CC=CN7C=CC=CB67)cc(C(C)(C)C)cc5C5=CC=CN6C=CC=CB56)c5ccccc54)cc(-c4c(C(C)C)cccc4C(C)C)c3)[c-]c1n2-c1cc(C(c2ccccc2)(C([2H])([2H])[2H])C([2H])([2H])[2H])ccn1.[Pt]. The smallest absolute Gasteiger partial charge is 0.320 e. The van der Waals surface area contributed by atoms with Gasteiger partial charge in [-0.15, -0.1) is 47.0 Å². The molecule has 438 valence electrons. The molecule has 7 aromatic carbocycles. The van der Waals surface area contributed by atoms with E-state index in [1.54, 1.807) is 30.3 Å². The molecule has 0 amide bonds. The Balaban J connectivity index is 0.00000864. The number of para-hydroxylation sites is 3. The molecule has 0 radical (unpaired) electrons. The summed E-state index contributed by atoms with van der Waals surface area (Å²) in [5.41, 5.74) is 11.4. The van der Waals surface area contributed by atoms with Gasteiger partial charge >= 0.3 is 13.7 Å². The van der Waals surface area contributed by atoms with Gasteiger partial charge in [-0.05, 0) is 163 Å². The van der Waals surface area contributed by atoms with Crippen LogP contribution in [0.2, 0.25) is 0 Å². The van der Waals surface area contributed by atoms with Crippen molar-refractivity contribution in [2.75, 3.05) is 9.80 Å². The molecule has 0 saturated carbocycles. The summed E-state index contributed by atoms with van der Waals surface area (Å²) in [5.74, 6) is 5.34. The average Bonchev–Trinajstić information content (AvgIpc) is 0.853. The molecule has 7 heterocycles. The predicted molar refractivity (Wildman–Crippen MR) is 365 cm³/mol. The van der Waals surface area contributed by atoms with Gasteiger partial charge in [0.1, 0.15) is 5.82 Å². The van der Waals surface area contributed by atoms with Crippen LogP contribution < -0.4 is 14.5 Å². The van der Waals surface area contributed by atoms with Gasteiger partial charge in [-0.25, -0.2) is 4.98 Å². The van der Waals surface area contributed by atoms with Crippen LogP contribution in [0.5, 0.6) is 11.5 Å². The minimum Gasteiger partial charge on any atom is -0.509 e. The Hall–Kier alpha value is -8.77. The number of benzene rings is 7. The summed E-state index contributed by atoms with van der Waals surface area (Å²) < 4.78 is 99.0. The molecule has 0 atom stereocenters. The van der Waals surface area contributed by atoms with Gasteiger partial charge in [-0.3, -0.25) is 0 Å². The van der Waals surface area contributed by atoms with E-state index in [0.717, 1.165) is 33.6 Å². The van der Waals surface area contributed by atoms with Crippen LogP contribution in [0.1, 0.15) is 132 Å². The van der Waals surface area contributed by atoms with Crippen molar-refractivity contribution in [2.24, 2.45) is 0 Å². The molecular weight excluding hydrogens is 1250 g/mol. The summed E-state index contributed by atoms with van der Waals surface area (Å²) >= 11 is 0. The zero-order valence-electron chi connectivity index (χ0n) is 60.2. The number of allylic oxidation sites excluding steroid dienone is 8. The first-order valence-electron chi connectivity index (χ1n) is 34.9. The number of fused-ring (bicyclic) bond motifs is 6. The molecule has 0 N–H and O–H groups in total. The standard InChI is InChI=1S/C78H71B2N6O.Pt/c1-53(2)62-27-21-28-63(54(3)4)76(62)55-44-59(49-61(45-55)87-60-34-35-65-64-26-13-14-31-71(64)86(74(65)50-60)75-48-57(36-39-81-75)78(8,9)56-24-11-10-12-25-56)85-52-82(72-32-15-16-33-73(72)85)51-68-66(69-29-22-42-83-40-19-17-37-79(69)83)46-58(77(5,6)7)47-67(68)70-30-23-43-84-41-20-18-38-80(70)84;/h10-48,52-54H,51H2,1-9H3;/q-3;/i8D3,9D3,13D,14D,26D,31D;. The minimum absolute atomic E-state index is 0. The van der Waals surface area contributed by atoms with Crippen molar-refractivity contribution in [3.63, 3.8) is 0 Å². The summed E-state index contributed by atoms with van der Waals surface area (Å²) in [6.45, 7) is 12.0. The fourth-order valence-corrected chi connectivity index (χ4v) is 12.9. The van der Waals surface area contributed by atoms with Crippen molar-refractivity contribution in [3.8, 4) is 28.4 Å². The predicted octanol–water partition coefficient (Wildman–Crippen LogP) is 19.1. The third-order valence-corrected chi connectivity index (χ3v) is 17.3. The number of ether oxygens (including phenoxy) is 1. The van der Waals surface area contributed by atoms with E-state index < -0.39 is 31.2 Å². The third kappa shape index (κ3) is 10.6. The fourth-order valence-electron chi connectivity index (χ4n) is 12.9. The van der Waals surface area contributed by atoms with E-state index in [-0.39, 0.29) is 103 Å². The van der Waals surface area contributed by atoms with Gasteiger partial charge in [0.05, 0.1) is 5.48 Å². The molecule has 5 aliphatic rings. The summed E-state index contributed by atoms with van der Waals surface area (Å²) in [5, 5.41) is 0.531. The Morgan fingerprint density at radius 1 is 0.636 bits per heavy atom. The molecule has 2 aromatic heterocycles. The van der Waals surface area contributed by atoms with E-state index >= 15 is 0 Å². The van der Waals surface area contributed by atoms with E-state index in [1.807, 2.05) is 6.07 Å². The van der Waals surface area contributed by atoms with Crippen LogP contribution in [0.4, 0.5) is 17.1 Å². The van der Waals surface area contributed by atoms with Crippen molar-refractivity contribution in [1.82, 2.24) is 19.2 Å². The quantitative estimate of drug-likeness (QED) is 0.0846. The first-order chi connectivity index (χ1) is 46.3. The zero-order valence-corrected chi connectivity index (χ0v) is 52.5. The molecule has 0 saturated heterocycles. The molecule has 88 heavy (non-hydrogen) atoms. The number of rotatable bonds is 13. The minimum atomic E-state index is -3.12. The van der Waals surface area contributed by atoms with Gasteiger partial charge < -0.3 is 28.7 Å². The monoisotopic (exact) mass is 1330 g/mol. The van der Waals surface area contributed by atoms with Gasteiger partial charge in [-0.2, -0.15) is 12.7 Å². The normalized spacial score (nSPS) is 17.1. The Bertz CT molecular complexity index is 4820. The second kappa shape index (κ2) is 23.4. The van der Waals surface area contributed by atoms with Crippen LogP contribution in [0.25, 0.3) is 49.7 Å². The zero-order chi connectivity index (χ0) is 68.2. The van der Waals surface area contributed by atoms with Gasteiger partial charge in [0, 0.05) is 75.8 Å². The van der Waals surface area contributed by atoms with Gasteiger partial charge in [0.15, 0.2) is 0 Å². The maximum atomic E-state index is 9.43. The van der Waals surface area contributed by atoms with Crippen molar-refractivity contribution >= 4 is 63.5 Å². The molecule has 0 unspecified atom stereocenters. The van der Waals surface area contributed by atoms with Crippen molar-refractivity contribution < 1.29 is 39.5 Å². The van der Waals surface area contributed by atoms with Crippen molar-refractivity contribution in [2.45, 2.75) is 91.4 Å². The number of pyridine rings is 1. The number of hydrogen-bond acceptors (Lipinski definition) is 6. The van der Waals surface area contributed by atoms with Crippen molar-refractivity contribution in [1.29, 1.82) is 0 Å². The molecule has 14 rings (SSSR count). The van der Waals surface area contributed by atoms with Crippen LogP contribution >= 0.6 is 0 Å². The van der Waals surface area contributed by atoms with Crippen LogP contribution in [0.3, 0.4) is 0 Å². The first kappa shape index (κ1) is 47.3. The van der Waals surface area contributed by atoms with Crippen LogP contribution in [-0.2, 0) is 38.4 Å². The van der Waals surface area contributed by atoms with Crippen LogP contribution in [-0.4, -0.2) is 32.9 Å². The second-order valence-corrected chi connectivity index (χ2v) is 24.6. The number of aromatic nitrogens is 2. The first-order valence-corrected chi connectivity index (χ1v) is 29.9. The molecule has 0 bridgehead atoms. The van der Waals surface area contributed by atoms with Crippen LogP contribution in [0, 0.1) is 18.8 Å². The van der Waals surface area contributed by atoms with E-state index in [9.17, 15) is 2.74 Å². The Kier molecular flexibility index (Phi) is 12.6. The average molecular weight is 1340 g/mol. The fraction of sp³-hybridized carbons (Fsp3) is 0.179. The number of anilines is 3. The maximum absolute atomic E-state index is 9.43. The molecular formula is C78H71B2N6OPt-3. The molecule has 0 aliphatic carbocycles. The Labute approximate surface area is 549 Å². The molecule has 9 aromatic rings. The van der Waals surface area contributed by atoms with E-state index in [4.69, 9.17) is 20.7 Å². The molecule has 10 heteroatoms. The number of nitrogens with zero attached hydrogens (tertiary/aromatic N) is 6. The Morgan fingerprint density at radius 2 is 1.28 bits per heavy atom. The molecule has 7 nitrogen and oxygen atoms in total. The van der Waals surface area contributed by atoms with E-state index in [1.165, 1.54) is 68.2 Å². The summed E-state index contributed by atoms with van der Waals surface area (Å²) in [6, 6.07) is 43.5. The molecule has 0 fully saturated rings. The molecule has 0 spiro atoms. The van der Waals surface area contributed by atoms with Gasteiger partial charge in [0.25, 0.3) is 0 Å². The largest absolute Gasteiger partial charge is 0.509 e. The topological polar surface area (TPSA) is 40.0 Å². The van der Waals surface area contributed by atoms with Crippen molar-refractivity contribution in [3.05, 3.63) is 300 Å². The number of hydrogen-bond donors (Lipinski definition) is 0. The third-order valence-electron chi connectivity index (χ3n) is 17.3. The summed E-state index contributed by atoms with van der Waals surface area (Å²) in [6.07, 6.45) is 27.1. The van der Waals surface area contributed by atoms with Gasteiger partial charge in [0.2, 0.25) is 0 Å². The second-order valence-electron chi connectivity index (χ2n) is 24.6. The summed E-state index contributed by atoms with van der Waals surface area (Å²) in [4.78, 5) is 13.8. The summed E-state index contributed by atoms with van der Waals surface area (Å²) in [7, 11) is 0. The Morgan fingerprint density at radius 3 is 1.94 bits per heavy atom. The van der Waals surface area contributed by atoms with Gasteiger partial charge in [-0.1, -0.05) is 195 Å².